The number of carbonyl (C=O) groups excluding carboxylic acids is 1. The Labute approximate surface area is 91.2 Å². The molecule has 88 valence electrons. The first-order valence-corrected chi connectivity index (χ1v) is 5.44. The van der Waals surface area contributed by atoms with Crippen LogP contribution in [-0.2, 0) is 4.74 Å². The second-order valence-corrected chi connectivity index (χ2v) is 5.27. The molecule has 1 fully saturated rings. The van der Waals surface area contributed by atoms with Gasteiger partial charge in [-0.1, -0.05) is 0 Å². The van der Waals surface area contributed by atoms with Crippen LogP contribution in [0.4, 0.5) is 4.79 Å². The normalized spacial score (nSPS) is 26.9. The van der Waals surface area contributed by atoms with Crippen molar-refractivity contribution in [2.24, 2.45) is 5.92 Å². The van der Waals surface area contributed by atoms with Crippen molar-refractivity contribution in [1.82, 2.24) is 4.90 Å². The van der Waals surface area contributed by atoms with Crippen molar-refractivity contribution < 1.29 is 14.6 Å². The van der Waals surface area contributed by atoms with Crippen molar-refractivity contribution in [2.45, 2.75) is 45.8 Å². The molecule has 0 unspecified atom stereocenters. The summed E-state index contributed by atoms with van der Waals surface area (Å²) in [4.78, 5) is 13.5. The molecule has 0 aliphatic carbocycles. The molecule has 0 spiro atoms. The minimum Gasteiger partial charge on any atom is -0.444 e. The second kappa shape index (κ2) is 4.39. The summed E-state index contributed by atoms with van der Waals surface area (Å²) in [6.07, 6.45) is 0.585. The van der Waals surface area contributed by atoms with Crippen molar-refractivity contribution in [3.05, 3.63) is 0 Å². The van der Waals surface area contributed by atoms with E-state index in [4.69, 9.17) is 9.84 Å². The summed E-state index contributed by atoms with van der Waals surface area (Å²) in [5, 5.41) is 9.04. The van der Waals surface area contributed by atoms with Crippen LogP contribution in [0, 0.1) is 5.92 Å². The predicted octanol–water partition coefficient (Wildman–Crippen LogP) is 1.62. The van der Waals surface area contributed by atoms with Gasteiger partial charge in [-0.25, -0.2) is 4.79 Å². The van der Waals surface area contributed by atoms with Crippen LogP contribution in [0.15, 0.2) is 0 Å². The van der Waals surface area contributed by atoms with E-state index in [0.717, 1.165) is 6.42 Å². The van der Waals surface area contributed by atoms with Gasteiger partial charge in [0.15, 0.2) is 0 Å². The van der Waals surface area contributed by atoms with Gasteiger partial charge in [-0.2, -0.15) is 0 Å². The molecule has 0 aromatic heterocycles. The topological polar surface area (TPSA) is 49.8 Å². The molecule has 1 N–H and O–H groups in total. The summed E-state index contributed by atoms with van der Waals surface area (Å²) in [6.45, 7) is 8.30. The molecule has 15 heavy (non-hydrogen) atoms. The van der Waals surface area contributed by atoms with Crippen LogP contribution < -0.4 is 0 Å². The number of hydrogen-bond acceptors (Lipinski definition) is 3. The molecule has 4 nitrogen and oxygen atoms in total. The fourth-order valence-corrected chi connectivity index (χ4v) is 1.85. The van der Waals surface area contributed by atoms with E-state index in [-0.39, 0.29) is 24.7 Å². The molecular weight excluding hydrogens is 194 g/mol. The highest BCUT2D eigenvalue weighted by Gasteiger charge is 2.34. The standard InChI is InChI=1S/C11H21NO3/c1-8-5-9(7-13)6-12(8)10(14)15-11(2,3)4/h8-9,13H,5-7H2,1-4H3/t8-,9-/m0/s1. The quantitative estimate of drug-likeness (QED) is 0.723. The number of rotatable bonds is 1. The third-order valence-corrected chi connectivity index (χ3v) is 2.55. The largest absolute Gasteiger partial charge is 0.444 e. The van der Waals surface area contributed by atoms with E-state index in [9.17, 15) is 4.79 Å². The first-order chi connectivity index (χ1) is 6.83. The number of likely N-dealkylation sites (tertiary alicyclic amines) is 1. The van der Waals surface area contributed by atoms with Gasteiger partial charge < -0.3 is 14.7 Å². The molecule has 0 radical (unpaired) electrons. The van der Waals surface area contributed by atoms with Gasteiger partial charge >= 0.3 is 6.09 Å². The molecule has 1 aliphatic heterocycles. The number of ether oxygens (including phenoxy) is 1. The Bertz CT molecular complexity index is 234. The predicted molar refractivity (Wildman–Crippen MR) is 57.6 cm³/mol. The van der Waals surface area contributed by atoms with Crippen LogP contribution in [0.3, 0.4) is 0 Å². The molecule has 2 atom stereocenters. The number of aliphatic hydroxyl groups excluding tert-OH is 1. The van der Waals surface area contributed by atoms with Gasteiger partial charge in [0.2, 0.25) is 0 Å². The number of aliphatic hydroxyl groups is 1. The zero-order valence-corrected chi connectivity index (χ0v) is 9.99. The molecule has 1 aliphatic rings. The maximum Gasteiger partial charge on any atom is 0.410 e. The van der Waals surface area contributed by atoms with Crippen molar-refractivity contribution >= 4 is 6.09 Å². The molecule has 0 aromatic carbocycles. The molecular formula is C11H21NO3. The van der Waals surface area contributed by atoms with E-state index in [1.165, 1.54) is 0 Å². The summed E-state index contributed by atoms with van der Waals surface area (Å²) >= 11 is 0. The lowest BCUT2D eigenvalue weighted by molar-refractivity contribution is 0.0230. The zero-order chi connectivity index (χ0) is 11.6. The third kappa shape index (κ3) is 3.38. The van der Waals surface area contributed by atoms with Gasteiger partial charge in [-0.3, -0.25) is 0 Å². The Morgan fingerprint density at radius 1 is 1.53 bits per heavy atom. The Balaban J connectivity index is 2.54. The van der Waals surface area contributed by atoms with E-state index in [1.54, 1.807) is 4.90 Å². The van der Waals surface area contributed by atoms with E-state index < -0.39 is 5.60 Å². The summed E-state index contributed by atoms with van der Waals surface area (Å²) in [5.74, 6) is 0.201. The van der Waals surface area contributed by atoms with Gasteiger partial charge in [-0.15, -0.1) is 0 Å². The van der Waals surface area contributed by atoms with Crippen LogP contribution in [0.5, 0.6) is 0 Å². The van der Waals surface area contributed by atoms with Crippen molar-refractivity contribution in [3.63, 3.8) is 0 Å². The van der Waals surface area contributed by atoms with Crippen LogP contribution >= 0.6 is 0 Å². The van der Waals surface area contributed by atoms with Gasteiger partial charge in [0.25, 0.3) is 0 Å². The van der Waals surface area contributed by atoms with Gasteiger partial charge in [-0.05, 0) is 34.1 Å². The molecule has 1 heterocycles. The lowest BCUT2D eigenvalue weighted by atomic mass is 10.1. The Hall–Kier alpha value is -0.770. The highest BCUT2D eigenvalue weighted by atomic mass is 16.6. The first kappa shape index (κ1) is 12.3. The van der Waals surface area contributed by atoms with E-state index >= 15 is 0 Å². The smallest absolute Gasteiger partial charge is 0.410 e. The van der Waals surface area contributed by atoms with E-state index in [2.05, 4.69) is 0 Å². The number of amides is 1. The average Bonchev–Trinajstić information content (AvgIpc) is 2.43. The highest BCUT2D eigenvalue weighted by molar-refractivity contribution is 5.68. The fraction of sp³-hybridized carbons (Fsp3) is 0.909. The van der Waals surface area contributed by atoms with E-state index in [0.29, 0.717) is 6.54 Å². The zero-order valence-electron chi connectivity index (χ0n) is 9.99. The Morgan fingerprint density at radius 2 is 2.13 bits per heavy atom. The maximum atomic E-state index is 11.8. The first-order valence-electron chi connectivity index (χ1n) is 5.44. The molecule has 1 amide bonds. The summed E-state index contributed by atoms with van der Waals surface area (Å²) in [6, 6.07) is 0.164. The highest BCUT2D eigenvalue weighted by Crippen LogP contribution is 2.24. The maximum absolute atomic E-state index is 11.8. The number of nitrogens with zero attached hydrogens (tertiary/aromatic N) is 1. The minimum absolute atomic E-state index is 0.142. The summed E-state index contributed by atoms with van der Waals surface area (Å²) in [7, 11) is 0. The van der Waals surface area contributed by atoms with Crippen LogP contribution in [0.2, 0.25) is 0 Å². The SMILES string of the molecule is C[C@H]1C[C@H](CO)CN1C(=O)OC(C)(C)C. The van der Waals surface area contributed by atoms with Crippen molar-refractivity contribution in [1.29, 1.82) is 0 Å². The number of hydrogen-bond donors (Lipinski definition) is 1. The van der Waals surface area contributed by atoms with Crippen LogP contribution in [0.1, 0.15) is 34.1 Å². The summed E-state index contributed by atoms with van der Waals surface area (Å²) in [5.41, 5.74) is -0.450. The van der Waals surface area contributed by atoms with Gasteiger partial charge in [0, 0.05) is 25.1 Å². The lowest BCUT2D eigenvalue weighted by Gasteiger charge is -2.26. The van der Waals surface area contributed by atoms with Crippen molar-refractivity contribution in [3.8, 4) is 0 Å². The fourth-order valence-electron chi connectivity index (χ4n) is 1.85. The monoisotopic (exact) mass is 215 g/mol. The van der Waals surface area contributed by atoms with Crippen LogP contribution in [0.25, 0.3) is 0 Å². The third-order valence-electron chi connectivity index (χ3n) is 2.55. The molecule has 0 aromatic rings. The summed E-state index contributed by atoms with van der Waals surface area (Å²) < 4.78 is 5.29. The Kier molecular flexibility index (Phi) is 3.60. The molecule has 1 saturated heterocycles. The molecule has 1 rings (SSSR count). The minimum atomic E-state index is -0.450. The lowest BCUT2D eigenvalue weighted by Crippen LogP contribution is -2.38. The second-order valence-electron chi connectivity index (χ2n) is 5.27. The molecule has 4 heteroatoms. The van der Waals surface area contributed by atoms with Gasteiger partial charge in [0.05, 0.1) is 0 Å². The average molecular weight is 215 g/mol. The van der Waals surface area contributed by atoms with Crippen LogP contribution in [-0.4, -0.2) is 40.9 Å². The van der Waals surface area contributed by atoms with Crippen molar-refractivity contribution in [2.75, 3.05) is 13.2 Å². The molecule has 0 bridgehead atoms. The Morgan fingerprint density at radius 3 is 2.53 bits per heavy atom. The van der Waals surface area contributed by atoms with Gasteiger partial charge in [0.1, 0.15) is 5.60 Å². The van der Waals surface area contributed by atoms with E-state index in [1.807, 2.05) is 27.7 Å². The number of carbonyl (C=O) groups is 1. The molecule has 0 saturated carbocycles.